The van der Waals surface area contributed by atoms with Gasteiger partial charge >= 0.3 is 11.6 Å². The zero-order chi connectivity index (χ0) is 26.2. The van der Waals surface area contributed by atoms with Crippen LogP contribution in [0, 0.1) is 29.9 Å². The van der Waals surface area contributed by atoms with Gasteiger partial charge in [0, 0.05) is 42.2 Å². The van der Waals surface area contributed by atoms with Crippen molar-refractivity contribution in [3.63, 3.8) is 0 Å². The molecular formula is C24H23ClN2O8S. The summed E-state index contributed by atoms with van der Waals surface area (Å²) in [6.07, 6.45) is 0.418. The van der Waals surface area contributed by atoms with E-state index in [-0.39, 0.29) is 48.1 Å². The molecule has 0 unspecified atom stereocenters. The first-order valence-corrected chi connectivity index (χ1v) is 12.9. The molecule has 12 heteroatoms. The summed E-state index contributed by atoms with van der Waals surface area (Å²) in [6, 6.07) is 8.17. The average molecular weight is 535 g/mol. The van der Waals surface area contributed by atoms with E-state index in [0.29, 0.717) is 16.5 Å². The largest absolute Gasteiger partial charge is 0.461 e. The highest BCUT2D eigenvalue weighted by Gasteiger charge is 2.34. The van der Waals surface area contributed by atoms with Gasteiger partial charge in [0.2, 0.25) is 10.0 Å². The summed E-state index contributed by atoms with van der Waals surface area (Å²) in [5.41, 5.74) is 1.97. The molecule has 0 N–H and O–H groups in total. The van der Waals surface area contributed by atoms with Crippen LogP contribution in [0.2, 0.25) is 5.02 Å². The summed E-state index contributed by atoms with van der Waals surface area (Å²) in [4.78, 5) is 34.7. The van der Waals surface area contributed by atoms with Gasteiger partial charge in [0.05, 0.1) is 15.9 Å². The molecule has 4 rings (SSSR count). The number of non-ortho nitro benzene ring substituents is 1. The van der Waals surface area contributed by atoms with Crippen LogP contribution in [-0.2, 0) is 26.2 Å². The van der Waals surface area contributed by atoms with E-state index < -0.39 is 32.5 Å². The summed E-state index contributed by atoms with van der Waals surface area (Å²) >= 11 is 6.02. The van der Waals surface area contributed by atoms with Crippen LogP contribution in [0.3, 0.4) is 0 Å². The van der Waals surface area contributed by atoms with Crippen LogP contribution >= 0.6 is 11.6 Å². The highest BCUT2D eigenvalue weighted by atomic mass is 35.5. The van der Waals surface area contributed by atoms with Gasteiger partial charge < -0.3 is 9.15 Å². The first-order valence-electron chi connectivity index (χ1n) is 11.1. The number of piperidine rings is 1. The van der Waals surface area contributed by atoms with E-state index in [9.17, 15) is 28.1 Å². The Labute approximate surface area is 211 Å². The lowest BCUT2D eigenvalue weighted by Crippen LogP contribution is -2.40. The maximum atomic E-state index is 13.0. The van der Waals surface area contributed by atoms with E-state index in [0.717, 1.165) is 27.6 Å². The molecular weight excluding hydrogens is 512 g/mol. The first kappa shape index (κ1) is 25.8. The number of carbonyl (C=O) groups excluding carboxylic acids is 1. The maximum absolute atomic E-state index is 13.0. The molecule has 0 amide bonds. The number of carbonyl (C=O) groups is 1. The molecule has 36 heavy (non-hydrogen) atoms. The molecule has 10 nitrogen and oxygen atoms in total. The molecule has 2 heterocycles. The predicted molar refractivity (Wildman–Crippen MR) is 131 cm³/mol. The summed E-state index contributed by atoms with van der Waals surface area (Å²) in [6.45, 7) is 3.76. The number of hydrogen-bond donors (Lipinski definition) is 0. The Hall–Kier alpha value is -3.28. The third-order valence-corrected chi connectivity index (χ3v) is 8.73. The van der Waals surface area contributed by atoms with E-state index in [4.69, 9.17) is 20.8 Å². The fraction of sp³-hybridized carbons (Fsp3) is 0.333. The van der Waals surface area contributed by atoms with Crippen molar-refractivity contribution in [2.24, 2.45) is 5.92 Å². The second kappa shape index (κ2) is 10.00. The maximum Gasteiger partial charge on any atom is 0.336 e. The molecule has 0 bridgehead atoms. The Morgan fingerprint density at radius 3 is 2.50 bits per heavy atom. The number of aryl methyl sites for hydroxylation is 2. The van der Waals surface area contributed by atoms with E-state index in [1.54, 1.807) is 6.07 Å². The molecule has 0 spiro atoms. The highest BCUT2D eigenvalue weighted by Crippen LogP contribution is 2.31. The van der Waals surface area contributed by atoms with E-state index in [1.165, 1.54) is 12.1 Å². The van der Waals surface area contributed by atoms with Crippen LogP contribution in [0.1, 0.15) is 29.5 Å². The lowest BCUT2D eigenvalue weighted by atomic mass is 9.98. The standard InChI is InChI=1S/C24H23ClN2O8S/c1-14-9-19-17(11-23(28)35-21(19)10-15(14)2)13-34-24(29)16-5-7-26(8-6-16)36(32,33)22-12-18(27(30)31)3-4-20(22)25/h3-4,9-12,16H,5-8,13H2,1-2H3. The van der Waals surface area contributed by atoms with E-state index in [2.05, 4.69) is 0 Å². The number of nitrogens with zero attached hydrogens (tertiary/aromatic N) is 2. The van der Waals surface area contributed by atoms with Gasteiger partial charge in [0.1, 0.15) is 17.1 Å². The van der Waals surface area contributed by atoms with Crippen LogP contribution in [0.4, 0.5) is 5.69 Å². The SMILES string of the molecule is Cc1cc2oc(=O)cc(COC(=O)C3CCN(S(=O)(=O)c4cc([N+](=O)[O-])ccc4Cl)CC3)c2cc1C. The molecule has 3 aromatic rings. The summed E-state index contributed by atoms with van der Waals surface area (Å²) in [7, 11) is -4.09. The van der Waals surface area contributed by atoms with Gasteiger partial charge in [0.15, 0.2) is 0 Å². The minimum Gasteiger partial charge on any atom is -0.461 e. The number of rotatable bonds is 6. The van der Waals surface area contributed by atoms with Crippen molar-refractivity contribution in [2.45, 2.75) is 38.2 Å². The lowest BCUT2D eigenvalue weighted by molar-refractivity contribution is -0.385. The minimum absolute atomic E-state index is 0.0252. The minimum atomic E-state index is -4.09. The summed E-state index contributed by atoms with van der Waals surface area (Å²) in [5, 5.41) is 11.6. The Balaban J connectivity index is 1.43. The fourth-order valence-corrected chi connectivity index (χ4v) is 6.11. The Kier molecular flexibility index (Phi) is 7.17. The average Bonchev–Trinajstić information content (AvgIpc) is 2.83. The molecule has 190 valence electrons. The number of sulfonamides is 1. The number of halogens is 1. The first-order chi connectivity index (χ1) is 17.0. The van der Waals surface area contributed by atoms with Crippen molar-refractivity contribution >= 4 is 44.3 Å². The second-order valence-corrected chi connectivity index (χ2v) is 11.0. The van der Waals surface area contributed by atoms with Gasteiger partial charge in [-0.1, -0.05) is 11.6 Å². The topological polar surface area (TPSA) is 137 Å². The summed E-state index contributed by atoms with van der Waals surface area (Å²) < 4.78 is 38.0. The van der Waals surface area contributed by atoms with Gasteiger partial charge in [0.25, 0.3) is 5.69 Å². The van der Waals surface area contributed by atoms with Crippen LogP contribution in [-0.4, -0.2) is 36.7 Å². The van der Waals surface area contributed by atoms with Crippen LogP contribution < -0.4 is 5.63 Å². The Bertz CT molecular complexity index is 1530. The monoisotopic (exact) mass is 534 g/mol. The fourth-order valence-electron chi connectivity index (χ4n) is 4.14. The van der Waals surface area contributed by atoms with Gasteiger partial charge in [-0.2, -0.15) is 4.31 Å². The van der Waals surface area contributed by atoms with Crippen LogP contribution in [0.25, 0.3) is 11.0 Å². The van der Waals surface area contributed by atoms with Gasteiger partial charge in [-0.05, 0) is 56.0 Å². The molecule has 2 aromatic carbocycles. The third kappa shape index (κ3) is 5.13. The van der Waals surface area contributed by atoms with E-state index in [1.807, 2.05) is 19.9 Å². The number of esters is 1. The molecule has 0 atom stereocenters. The smallest absolute Gasteiger partial charge is 0.336 e. The van der Waals surface area contributed by atoms with Crippen molar-refractivity contribution in [3.05, 3.63) is 78.6 Å². The number of ether oxygens (including phenoxy) is 1. The molecule has 1 saturated heterocycles. The van der Waals surface area contributed by atoms with Crippen LogP contribution in [0.15, 0.2) is 50.5 Å². The summed E-state index contributed by atoms with van der Waals surface area (Å²) in [5.74, 6) is -1.03. The third-order valence-electron chi connectivity index (χ3n) is 6.35. The number of fused-ring (bicyclic) bond motifs is 1. The zero-order valence-corrected chi connectivity index (χ0v) is 21.1. The highest BCUT2D eigenvalue weighted by molar-refractivity contribution is 7.89. The van der Waals surface area contributed by atoms with E-state index >= 15 is 0 Å². The number of benzene rings is 2. The molecule has 0 aliphatic carbocycles. The molecule has 1 aromatic heterocycles. The molecule has 1 fully saturated rings. The molecule has 1 aliphatic heterocycles. The zero-order valence-electron chi connectivity index (χ0n) is 19.5. The Morgan fingerprint density at radius 1 is 1.17 bits per heavy atom. The van der Waals surface area contributed by atoms with Crippen molar-refractivity contribution < 1.29 is 27.3 Å². The van der Waals surface area contributed by atoms with Crippen molar-refractivity contribution in [1.82, 2.24) is 4.31 Å². The normalized spacial score (nSPS) is 15.2. The van der Waals surface area contributed by atoms with Crippen molar-refractivity contribution in [1.29, 1.82) is 0 Å². The molecule has 0 radical (unpaired) electrons. The van der Waals surface area contributed by atoms with Crippen LogP contribution in [0.5, 0.6) is 0 Å². The van der Waals surface area contributed by atoms with Gasteiger partial charge in [-0.3, -0.25) is 14.9 Å². The molecule has 1 aliphatic rings. The van der Waals surface area contributed by atoms with Gasteiger partial charge in [-0.25, -0.2) is 13.2 Å². The quantitative estimate of drug-likeness (QED) is 0.199. The Morgan fingerprint density at radius 2 is 1.83 bits per heavy atom. The second-order valence-electron chi connectivity index (χ2n) is 8.68. The van der Waals surface area contributed by atoms with Crippen molar-refractivity contribution in [3.8, 4) is 0 Å². The predicted octanol–water partition coefficient (Wildman–Crippen LogP) is 4.12. The molecule has 0 saturated carbocycles. The lowest BCUT2D eigenvalue weighted by Gasteiger charge is -2.30. The number of nitro benzene ring substituents is 1. The van der Waals surface area contributed by atoms with Crippen molar-refractivity contribution in [2.75, 3.05) is 13.1 Å². The number of nitro groups is 1. The number of hydrogen-bond acceptors (Lipinski definition) is 8. The van der Waals surface area contributed by atoms with Gasteiger partial charge in [-0.15, -0.1) is 0 Å².